The monoisotopic (exact) mass is 401 g/mol. The molecule has 1 fully saturated rings. The fourth-order valence-electron chi connectivity index (χ4n) is 3.45. The van der Waals surface area contributed by atoms with Gasteiger partial charge in [-0.2, -0.15) is 0 Å². The molecule has 1 aromatic rings. The third kappa shape index (κ3) is 7.28. The Kier molecular flexibility index (Phi) is 8.83. The molecule has 6 heteroatoms. The zero-order chi connectivity index (χ0) is 21.4. The number of imide groups is 1. The summed E-state index contributed by atoms with van der Waals surface area (Å²) in [5.41, 5.74) is 1.98. The second kappa shape index (κ2) is 11.1. The van der Waals surface area contributed by atoms with Crippen LogP contribution in [-0.4, -0.2) is 35.2 Å². The standard InChI is InChI=1S/C23H35N3O3/c1-16(2)20-14-22(28)26(23(20)29)13-7-5-6-8-21(27)25-19-11-9-18(10-12-19)15-24-17(3)4/h9-12,16-17,20,24H,5-8,13-15H2,1-4H3,(H,25,27). The maximum atomic E-state index is 12.3. The molecule has 1 heterocycles. The second-order valence-corrected chi connectivity index (χ2v) is 8.53. The van der Waals surface area contributed by atoms with Crippen LogP contribution in [-0.2, 0) is 20.9 Å². The van der Waals surface area contributed by atoms with Gasteiger partial charge in [0.15, 0.2) is 0 Å². The predicted octanol–water partition coefficient (Wildman–Crippen LogP) is 3.71. The largest absolute Gasteiger partial charge is 0.326 e. The molecule has 1 aromatic carbocycles. The number of hydrogen-bond acceptors (Lipinski definition) is 4. The van der Waals surface area contributed by atoms with Gasteiger partial charge in [0, 0.05) is 43.6 Å². The lowest BCUT2D eigenvalue weighted by atomic mass is 9.94. The van der Waals surface area contributed by atoms with Crippen LogP contribution in [0, 0.1) is 11.8 Å². The molecule has 29 heavy (non-hydrogen) atoms. The zero-order valence-electron chi connectivity index (χ0n) is 18.2. The van der Waals surface area contributed by atoms with Gasteiger partial charge in [-0.05, 0) is 36.5 Å². The van der Waals surface area contributed by atoms with Gasteiger partial charge in [-0.15, -0.1) is 0 Å². The van der Waals surface area contributed by atoms with Gasteiger partial charge in [0.2, 0.25) is 17.7 Å². The molecule has 1 aliphatic heterocycles. The van der Waals surface area contributed by atoms with Crippen LogP contribution >= 0.6 is 0 Å². The smallest absolute Gasteiger partial charge is 0.233 e. The van der Waals surface area contributed by atoms with Gasteiger partial charge in [0.25, 0.3) is 0 Å². The highest BCUT2D eigenvalue weighted by Gasteiger charge is 2.39. The number of rotatable bonds is 11. The highest BCUT2D eigenvalue weighted by Crippen LogP contribution is 2.26. The molecule has 0 radical (unpaired) electrons. The van der Waals surface area contributed by atoms with Gasteiger partial charge in [0.1, 0.15) is 0 Å². The fourth-order valence-corrected chi connectivity index (χ4v) is 3.45. The number of carbonyl (C=O) groups excluding carboxylic acids is 3. The number of carbonyl (C=O) groups is 3. The van der Waals surface area contributed by atoms with E-state index in [0.29, 0.717) is 25.4 Å². The van der Waals surface area contributed by atoms with Crippen molar-refractivity contribution in [1.82, 2.24) is 10.2 Å². The number of amides is 3. The van der Waals surface area contributed by atoms with E-state index in [-0.39, 0.29) is 29.6 Å². The SMILES string of the molecule is CC(C)NCc1ccc(NC(=O)CCCCCN2C(=O)CC(C(C)C)C2=O)cc1. The van der Waals surface area contributed by atoms with Gasteiger partial charge in [-0.1, -0.05) is 46.2 Å². The number of benzene rings is 1. The van der Waals surface area contributed by atoms with E-state index in [0.717, 1.165) is 31.5 Å². The Hall–Kier alpha value is -2.21. The first-order valence-electron chi connectivity index (χ1n) is 10.7. The normalized spacial score (nSPS) is 16.9. The van der Waals surface area contributed by atoms with Crippen LogP contribution in [0.15, 0.2) is 24.3 Å². The van der Waals surface area contributed by atoms with Crippen molar-refractivity contribution in [3.63, 3.8) is 0 Å². The molecule has 160 valence electrons. The molecule has 2 N–H and O–H groups in total. The Bertz CT molecular complexity index is 698. The van der Waals surface area contributed by atoms with Crippen molar-refractivity contribution >= 4 is 23.4 Å². The second-order valence-electron chi connectivity index (χ2n) is 8.53. The number of hydrogen-bond donors (Lipinski definition) is 2. The van der Waals surface area contributed by atoms with Crippen LogP contribution in [0.4, 0.5) is 5.69 Å². The van der Waals surface area contributed by atoms with Crippen molar-refractivity contribution in [3.05, 3.63) is 29.8 Å². The van der Waals surface area contributed by atoms with Gasteiger partial charge in [-0.3, -0.25) is 19.3 Å². The first-order valence-corrected chi connectivity index (χ1v) is 10.7. The van der Waals surface area contributed by atoms with Gasteiger partial charge < -0.3 is 10.6 Å². The molecule has 3 amide bonds. The van der Waals surface area contributed by atoms with Crippen molar-refractivity contribution < 1.29 is 14.4 Å². The fraction of sp³-hybridized carbons (Fsp3) is 0.609. The van der Waals surface area contributed by atoms with Crippen LogP contribution < -0.4 is 10.6 Å². The highest BCUT2D eigenvalue weighted by molar-refractivity contribution is 6.03. The number of unbranched alkanes of at least 4 members (excludes halogenated alkanes) is 2. The minimum absolute atomic E-state index is 0.00810. The van der Waals surface area contributed by atoms with Crippen LogP contribution in [0.3, 0.4) is 0 Å². The molecule has 0 saturated carbocycles. The molecular formula is C23H35N3O3. The van der Waals surface area contributed by atoms with E-state index in [2.05, 4.69) is 24.5 Å². The Morgan fingerprint density at radius 1 is 1.07 bits per heavy atom. The van der Waals surface area contributed by atoms with E-state index >= 15 is 0 Å². The quantitative estimate of drug-likeness (QED) is 0.438. The number of likely N-dealkylation sites (tertiary alicyclic amines) is 1. The van der Waals surface area contributed by atoms with Crippen molar-refractivity contribution in [3.8, 4) is 0 Å². The molecule has 1 unspecified atom stereocenters. The molecule has 6 nitrogen and oxygen atoms in total. The molecule has 0 bridgehead atoms. The van der Waals surface area contributed by atoms with E-state index in [9.17, 15) is 14.4 Å². The summed E-state index contributed by atoms with van der Waals surface area (Å²) >= 11 is 0. The number of nitrogens with one attached hydrogen (secondary N) is 2. The Labute approximate surface area is 174 Å². The lowest BCUT2D eigenvalue weighted by Crippen LogP contribution is -2.32. The minimum atomic E-state index is -0.166. The molecule has 1 saturated heterocycles. The van der Waals surface area contributed by atoms with Crippen LogP contribution in [0.25, 0.3) is 0 Å². The van der Waals surface area contributed by atoms with E-state index in [1.165, 1.54) is 10.5 Å². The molecule has 2 rings (SSSR count). The summed E-state index contributed by atoms with van der Waals surface area (Å²) in [5, 5.41) is 6.28. The van der Waals surface area contributed by atoms with Crippen LogP contribution in [0.2, 0.25) is 0 Å². The van der Waals surface area contributed by atoms with E-state index in [1.54, 1.807) is 0 Å². The average molecular weight is 402 g/mol. The third-order valence-electron chi connectivity index (χ3n) is 5.32. The van der Waals surface area contributed by atoms with Gasteiger partial charge >= 0.3 is 0 Å². The maximum absolute atomic E-state index is 12.3. The summed E-state index contributed by atoms with van der Waals surface area (Å²) in [6.45, 7) is 9.46. The summed E-state index contributed by atoms with van der Waals surface area (Å²) < 4.78 is 0. The molecule has 1 atom stereocenters. The Morgan fingerprint density at radius 3 is 2.34 bits per heavy atom. The molecule has 0 aliphatic carbocycles. The topological polar surface area (TPSA) is 78.5 Å². The van der Waals surface area contributed by atoms with Crippen molar-refractivity contribution in [2.45, 2.75) is 72.4 Å². The van der Waals surface area contributed by atoms with Gasteiger partial charge in [0.05, 0.1) is 0 Å². The summed E-state index contributed by atoms with van der Waals surface area (Å²) in [4.78, 5) is 37.8. The highest BCUT2D eigenvalue weighted by atomic mass is 16.2. The number of nitrogens with zero attached hydrogens (tertiary/aromatic N) is 1. The van der Waals surface area contributed by atoms with Crippen LogP contribution in [0.1, 0.15) is 65.4 Å². The first-order chi connectivity index (χ1) is 13.8. The van der Waals surface area contributed by atoms with Crippen molar-refractivity contribution in [1.29, 1.82) is 0 Å². The minimum Gasteiger partial charge on any atom is -0.326 e. The zero-order valence-corrected chi connectivity index (χ0v) is 18.2. The molecule has 0 spiro atoms. The van der Waals surface area contributed by atoms with E-state index in [1.807, 2.05) is 38.1 Å². The Balaban J connectivity index is 1.64. The summed E-state index contributed by atoms with van der Waals surface area (Å²) in [6.07, 6.45) is 3.08. The average Bonchev–Trinajstić information content (AvgIpc) is 2.95. The lowest BCUT2D eigenvalue weighted by molar-refractivity contribution is -0.139. The first kappa shape index (κ1) is 23.1. The number of anilines is 1. The molecular weight excluding hydrogens is 366 g/mol. The van der Waals surface area contributed by atoms with E-state index < -0.39 is 0 Å². The Morgan fingerprint density at radius 2 is 1.76 bits per heavy atom. The maximum Gasteiger partial charge on any atom is 0.233 e. The van der Waals surface area contributed by atoms with Crippen LogP contribution in [0.5, 0.6) is 0 Å². The molecule has 0 aromatic heterocycles. The predicted molar refractivity (Wildman–Crippen MR) is 115 cm³/mol. The van der Waals surface area contributed by atoms with E-state index in [4.69, 9.17) is 0 Å². The van der Waals surface area contributed by atoms with Crippen molar-refractivity contribution in [2.75, 3.05) is 11.9 Å². The summed E-state index contributed by atoms with van der Waals surface area (Å²) in [6, 6.07) is 8.31. The summed E-state index contributed by atoms with van der Waals surface area (Å²) in [5.74, 6) is -0.0685. The lowest BCUT2D eigenvalue weighted by Gasteiger charge is -2.16. The van der Waals surface area contributed by atoms with Gasteiger partial charge in [-0.25, -0.2) is 0 Å². The third-order valence-corrected chi connectivity index (χ3v) is 5.32. The van der Waals surface area contributed by atoms with Crippen molar-refractivity contribution in [2.24, 2.45) is 11.8 Å². The summed E-state index contributed by atoms with van der Waals surface area (Å²) in [7, 11) is 0. The molecule has 1 aliphatic rings.